The maximum Gasteiger partial charge on any atom is 0.422 e. The maximum absolute atomic E-state index is 12.3. The van der Waals surface area contributed by atoms with Crippen molar-refractivity contribution in [2.45, 2.75) is 50.9 Å². The van der Waals surface area contributed by atoms with E-state index in [1.807, 2.05) is 6.92 Å². The molecule has 7 heteroatoms. The van der Waals surface area contributed by atoms with Gasteiger partial charge in [0.15, 0.2) is 6.61 Å². The molecule has 3 unspecified atom stereocenters. The van der Waals surface area contributed by atoms with Gasteiger partial charge in [-0.15, -0.1) is 0 Å². The molecule has 134 valence electrons. The summed E-state index contributed by atoms with van der Waals surface area (Å²) in [6.45, 7) is 0.521. The molecule has 3 N–H and O–H groups in total. The summed E-state index contributed by atoms with van der Waals surface area (Å²) in [5.74, 6) is 0.0634. The van der Waals surface area contributed by atoms with Gasteiger partial charge in [-0.3, -0.25) is 4.79 Å². The van der Waals surface area contributed by atoms with Gasteiger partial charge in [0.25, 0.3) is 0 Å². The molecule has 0 heterocycles. The second kappa shape index (κ2) is 7.88. The Bertz CT molecular complexity index is 546. The van der Waals surface area contributed by atoms with Crippen molar-refractivity contribution in [2.24, 2.45) is 11.7 Å². The molecule has 0 saturated heterocycles. The van der Waals surface area contributed by atoms with Crippen molar-refractivity contribution in [1.29, 1.82) is 0 Å². The van der Waals surface area contributed by atoms with E-state index in [1.54, 1.807) is 12.1 Å². The first-order valence-electron chi connectivity index (χ1n) is 8.10. The van der Waals surface area contributed by atoms with Crippen LogP contribution < -0.4 is 15.8 Å². The van der Waals surface area contributed by atoms with Gasteiger partial charge in [-0.25, -0.2) is 0 Å². The summed E-state index contributed by atoms with van der Waals surface area (Å²) in [5, 5.41) is 2.95. The lowest BCUT2D eigenvalue weighted by molar-refractivity contribution is -0.153. The molecule has 4 nitrogen and oxygen atoms in total. The monoisotopic (exact) mass is 344 g/mol. The van der Waals surface area contributed by atoms with Gasteiger partial charge in [-0.05, 0) is 43.9 Å². The van der Waals surface area contributed by atoms with Crippen LogP contribution >= 0.6 is 0 Å². The number of rotatable bonds is 5. The average molecular weight is 344 g/mol. The van der Waals surface area contributed by atoms with Gasteiger partial charge in [-0.2, -0.15) is 13.2 Å². The fraction of sp³-hybridized carbons (Fsp3) is 0.588. The van der Waals surface area contributed by atoms with Crippen molar-refractivity contribution in [3.05, 3.63) is 29.8 Å². The van der Waals surface area contributed by atoms with Crippen LogP contribution in [0.5, 0.6) is 5.75 Å². The summed E-state index contributed by atoms with van der Waals surface area (Å²) in [7, 11) is 0. The largest absolute Gasteiger partial charge is 0.484 e. The van der Waals surface area contributed by atoms with Crippen LogP contribution in [0.1, 0.15) is 44.2 Å². The minimum absolute atomic E-state index is 0.0185. The number of hydrogen-bond acceptors (Lipinski definition) is 3. The minimum atomic E-state index is -4.36. The first-order valence-corrected chi connectivity index (χ1v) is 8.10. The quantitative estimate of drug-likeness (QED) is 0.861. The summed E-state index contributed by atoms with van der Waals surface area (Å²) in [5.41, 5.74) is 6.71. The van der Waals surface area contributed by atoms with E-state index in [4.69, 9.17) is 5.73 Å². The van der Waals surface area contributed by atoms with E-state index in [1.165, 1.54) is 12.1 Å². The number of halogens is 3. The molecule has 1 aromatic rings. The predicted octanol–water partition coefficient (Wildman–Crippen LogP) is 3.32. The number of ether oxygens (including phenoxy) is 1. The molecule has 1 amide bonds. The predicted molar refractivity (Wildman–Crippen MR) is 84.5 cm³/mol. The second-order valence-corrected chi connectivity index (χ2v) is 6.33. The highest BCUT2D eigenvalue weighted by atomic mass is 19.4. The lowest BCUT2D eigenvalue weighted by Crippen LogP contribution is -2.38. The Kier molecular flexibility index (Phi) is 6.10. The van der Waals surface area contributed by atoms with E-state index in [9.17, 15) is 18.0 Å². The summed E-state index contributed by atoms with van der Waals surface area (Å²) in [4.78, 5) is 12.3. The molecule has 0 aromatic heterocycles. The smallest absolute Gasteiger partial charge is 0.422 e. The average Bonchev–Trinajstić information content (AvgIpc) is 2.52. The zero-order valence-corrected chi connectivity index (χ0v) is 13.6. The highest BCUT2D eigenvalue weighted by molar-refractivity contribution is 5.79. The lowest BCUT2D eigenvalue weighted by Gasteiger charge is -2.27. The third kappa shape index (κ3) is 5.70. The maximum atomic E-state index is 12.3. The molecule has 0 aliphatic heterocycles. The van der Waals surface area contributed by atoms with Crippen LogP contribution in [0.3, 0.4) is 0 Å². The first kappa shape index (κ1) is 18.6. The van der Waals surface area contributed by atoms with Crippen LogP contribution in [0, 0.1) is 5.92 Å². The van der Waals surface area contributed by atoms with Crippen molar-refractivity contribution in [1.82, 2.24) is 5.32 Å². The van der Waals surface area contributed by atoms with E-state index in [-0.39, 0.29) is 29.7 Å². The zero-order valence-electron chi connectivity index (χ0n) is 13.6. The molecule has 0 spiro atoms. The molecule has 2 rings (SSSR count). The van der Waals surface area contributed by atoms with Gasteiger partial charge in [0.1, 0.15) is 5.75 Å². The molecule has 1 saturated carbocycles. The molecule has 3 atom stereocenters. The SMILES string of the molecule is CC(NC(=O)C1CCCC(N)C1)c1ccc(OCC(F)(F)F)cc1. The second-order valence-electron chi connectivity index (χ2n) is 6.33. The molecule has 1 aliphatic rings. The molecule has 0 bridgehead atoms. The van der Waals surface area contributed by atoms with Gasteiger partial charge in [0.05, 0.1) is 6.04 Å². The van der Waals surface area contributed by atoms with Gasteiger partial charge in [0.2, 0.25) is 5.91 Å². The normalized spacial score (nSPS) is 22.7. The molecular formula is C17H23F3N2O2. The fourth-order valence-electron chi connectivity index (χ4n) is 2.90. The van der Waals surface area contributed by atoms with Crippen molar-refractivity contribution in [3.63, 3.8) is 0 Å². The van der Waals surface area contributed by atoms with Crippen LogP contribution in [0.4, 0.5) is 13.2 Å². The number of nitrogens with two attached hydrogens (primary N) is 1. The Labute approximate surface area is 139 Å². The lowest BCUT2D eigenvalue weighted by atomic mass is 9.85. The van der Waals surface area contributed by atoms with E-state index in [0.717, 1.165) is 24.8 Å². The van der Waals surface area contributed by atoms with Crippen molar-refractivity contribution in [2.75, 3.05) is 6.61 Å². The Balaban J connectivity index is 1.87. The first-order chi connectivity index (χ1) is 11.2. The molecular weight excluding hydrogens is 321 g/mol. The number of carbonyl (C=O) groups excluding carboxylic acids is 1. The van der Waals surface area contributed by atoms with Gasteiger partial charge in [-0.1, -0.05) is 18.6 Å². The van der Waals surface area contributed by atoms with Gasteiger partial charge < -0.3 is 15.8 Å². The topological polar surface area (TPSA) is 64.4 Å². The van der Waals surface area contributed by atoms with Crippen molar-refractivity contribution < 1.29 is 22.7 Å². The van der Waals surface area contributed by atoms with Crippen LogP contribution in [-0.4, -0.2) is 24.7 Å². The molecule has 0 radical (unpaired) electrons. The van der Waals surface area contributed by atoms with E-state index < -0.39 is 12.8 Å². The van der Waals surface area contributed by atoms with E-state index >= 15 is 0 Å². The van der Waals surface area contributed by atoms with Crippen LogP contribution in [0.15, 0.2) is 24.3 Å². The molecule has 1 fully saturated rings. The van der Waals surface area contributed by atoms with E-state index in [0.29, 0.717) is 6.42 Å². The van der Waals surface area contributed by atoms with E-state index in [2.05, 4.69) is 10.1 Å². The third-order valence-electron chi connectivity index (χ3n) is 4.23. The number of amides is 1. The highest BCUT2D eigenvalue weighted by Crippen LogP contribution is 2.25. The number of alkyl halides is 3. The third-order valence-corrected chi connectivity index (χ3v) is 4.23. The standard InChI is InChI=1S/C17H23F3N2O2/c1-11(22-16(23)13-3-2-4-14(21)9-13)12-5-7-15(8-6-12)24-10-17(18,19)20/h5-8,11,13-14H,2-4,9-10,21H2,1H3,(H,22,23). The van der Waals surface area contributed by atoms with Gasteiger partial charge in [0, 0.05) is 12.0 Å². The number of hydrogen-bond donors (Lipinski definition) is 2. The minimum Gasteiger partial charge on any atom is -0.484 e. The van der Waals surface area contributed by atoms with Crippen LogP contribution in [-0.2, 0) is 4.79 Å². The molecule has 1 aliphatic carbocycles. The Morgan fingerprint density at radius 3 is 2.58 bits per heavy atom. The fourth-order valence-corrected chi connectivity index (χ4v) is 2.90. The summed E-state index contributed by atoms with van der Waals surface area (Å²) in [6, 6.07) is 6.11. The Morgan fingerprint density at radius 1 is 1.33 bits per heavy atom. The van der Waals surface area contributed by atoms with Gasteiger partial charge >= 0.3 is 6.18 Å². The molecule has 24 heavy (non-hydrogen) atoms. The molecule has 1 aromatic carbocycles. The summed E-state index contributed by atoms with van der Waals surface area (Å²) in [6.07, 6.45) is -0.905. The van der Waals surface area contributed by atoms with Crippen LogP contribution in [0.2, 0.25) is 0 Å². The zero-order chi connectivity index (χ0) is 17.7. The van der Waals surface area contributed by atoms with Crippen molar-refractivity contribution in [3.8, 4) is 5.75 Å². The number of carbonyl (C=O) groups is 1. The summed E-state index contributed by atoms with van der Waals surface area (Å²) >= 11 is 0. The Morgan fingerprint density at radius 2 is 2.00 bits per heavy atom. The highest BCUT2D eigenvalue weighted by Gasteiger charge is 2.28. The van der Waals surface area contributed by atoms with Crippen molar-refractivity contribution >= 4 is 5.91 Å². The number of nitrogens with one attached hydrogen (secondary N) is 1. The number of benzene rings is 1. The summed E-state index contributed by atoms with van der Waals surface area (Å²) < 4.78 is 41.0. The van der Waals surface area contributed by atoms with Crippen LogP contribution in [0.25, 0.3) is 0 Å². The Hall–Kier alpha value is -1.76.